The highest BCUT2D eigenvalue weighted by molar-refractivity contribution is 7.16. The molecule has 0 saturated carbocycles. The third-order valence-electron chi connectivity index (χ3n) is 4.50. The number of aryl methyl sites for hydroxylation is 2. The van der Waals surface area contributed by atoms with E-state index in [9.17, 15) is 4.39 Å². The SMILES string of the molecule is Cc1nn2c(Cc3c(F)cc4ncc(-c5cnn(C)c5)cc4c3F)nnc2s1. The average molecular weight is 397 g/mol. The molecule has 0 spiro atoms. The number of rotatable bonds is 3. The molecule has 0 aliphatic heterocycles. The summed E-state index contributed by atoms with van der Waals surface area (Å²) in [7, 11) is 1.80. The second-order valence-corrected chi connectivity index (χ2v) is 7.61. The second kappa shape index (κ2) is 6.13. The van der Waals surface area contributed by atoms with Crippen LogP contribution >= 0.6 is 11.3 Å². The summed E-state index contributed by atoms with van der Waals surface area (Å²) in [4.78, 5) is 4.81. The van der Waals surface area contributed by atoms with Crippen molar-refractivity contribution in [2.45, 2.75) is 13.3 Å². The lowest BCUT2D eigenvalue weighted by molar-refractivity contribution is 0.566. The minimum absolute atomic E-state index is 0.0604. The van der Waals surface area contributed by atoms with Crippen molar-refractivity contribution in [3.63, 3.8) is 0 Å². The van der Waals surface area contributed by atoms with E-state index in [-0.39, 0.29) is 22.9 Å². The van der Waals surface area contributed by atoms with Crippen molar-refractivity contribution in [1.29, 1.82) is 0 Å². The van der Waals surface area contributed by atoms with Crippen LogP contribution in [-0.2, 0) is 13.5 Å². The minimum atomic E-state index is -0.671. The Morgan fingerprint density at radius 1 is 1.11 bits per heavy atom. The summed E-state index contributed by atoms with van der Waals surface area (Å²) in [5.74, 6) is -0.944. The zero-order valence-electron chi connectivity index (χ0n) is 14.9. The van der Waals surface area contributed by atoms with Crippen LogP contribution in [-0.4, -0.2) is 34.6 Å². The summed E-state index contributed by atoms with van der Waals surface area (Å²) in [6.07, 6.45) is 5.00. The molecule has 140 valence electrons. The molecular weight excluding hydrogens is 384 g/mol. The minimum Gasteiger partial charge on any atom is -0.275 e. The molecule has 0 atom stereocenters. The number of pyridine rings is 1. The van der Waals surface area contributed by atoms with Crippen molar-refractivity contribution in [1.82, 2.24) is 34.6 Å². The van der Waals surface area contributed by atoms with Crippen LogP contribution in [0.15, 0.2) is 30.7 Å². The Kier molecular flexibility index (Phi) is 3.69. The van der Waals surface area contributed by atoms with E-state index >= 15 is 4.39 Å². The van der Waals surface area contributed by atoms with E-state index in [1.165, 1.54) is 21.9 Å². The van der Waals surface area contributed by atoms with Gasteiger partial charge in [0, 0.05) is 54.0 Å². The Morgan fingerprint density at radius 3 is 2.75 bits per heavy atom. The van der Waals surface area contributed by atoms with Crippen LogP contribution in [0, 0.1) is 18.6 Å². The second-order valence-electron chi connectivity index (χ2n) is 6.45. The highest BCUT2D eigenvalue weighted by atomic mass is 32.1. The number of fused-ring (bicyclic) bond motifs is 2. The van der Waals surface area contributed by atoms with E-state index in [0.29, 0.717) is 16.3 Å². The monoisotopic (exact) mass is 397 g/mol. The van der Waals surface area contributed by atoms with Gasteiger partial charge in [0.25, 0.3) is 0 Å². The van der Waals surface area contributed by atoms with Crippen LogP contribution < -0.4 is 0 Å². The van der Waals surface area contributed by atoms with Gasteiger partial charge in [0.15, 0.2) is 5.82 Å². The van der Waals surface area contributed by atoms with Crippen LogP contribution in [0.25, 0.3) is 27.0 Å². The van der Waals surface area contributed by atoms with Gasteiger partial charge in [-0.2, -0.15) is 14.7 Å². The number of halogens is 2. The molecule has 0 bridgehead atoms. The molecule has 0 unspecified atom stereocenters. The summed E-state index contributed by atoms with van der Waals surface area (Å²) in [6, 6.07) is 2.90. The number of hydrogen-bond acceptors (Lipinski definition) is 6. The van der Waals surface area contributed by atoms with Gasteiger partial charge in [-0.05, 0) is 13.0 Å². The summed E-state index contributed by atoms with van der Waals surface area (Å²) >= 11 is 1.37. The van der Waals surface area contributed by atoms with Gasteiger partial charge in [0.2, 0.25) is 4.96 Å². The fourth-order valence-electron chi connectivity index (χ4n) is 3.15. The number of nitrogens with zero attached hydrogens (tertiary/aromatic N) is 7. The molecule has 28 heavy (non-hydrogen) atoms. The highest BCUT2D eigenvalue weighted by Gasteiger charge is 2.19. The summed E-state index contributed by atoms with van der Waals surface area (Å²) in [5, 5.41) is 17.5. The van der Waals surface area contributed by atoms with Crippen LogP contribution in [0.1, 0.15) is 16.4 Å². The number of benzene rings is 1. The fraction of sp³-hybridized carbons (Fsp3) is 0.167. The van der Waals surface area contributed by atoms with Crippen molar-refractivity contribution in [3.8, 4) is 11.1 Å². The largest absolute Gasteiger partial charge is 0.275 e. The third-order valence-corrected chi connectivity index (χ3v) is 5.32. The topological polar surface area (TPSA) is 73.8 Å². The molecule has 4 heterocycles. The lowest BCUT2D eigenvalue weighted by Crippen LogP contribution is -2.04. The fourth-order valence-corrected chi connectivity index (χ4v) is 3.85. The maximum absolute atomic E-state index is 15.3. The van der Waals surface area contributed by atoms with Crippen LogP contribution in [0.2, 0.25) is 0 Å². The molecule has 0 fully saturated rings. The Morgan fingerprint density at radius 2 is 1.96 bits per heavy atom. The van der Waals surface area contributed by atoms with Crippen molar-refractivity contribution in [2.75, 3.05) is 0 Å². The predicted molar refractivity (Wildman–Crippen MR) is 100 cm³/mol. The maximum Gasteiger partial charge on any atom is 0.234 e. The van der Waals surface area contributed by atoms with Crippen LogP contribution in [0.4, 0.5) is 8.78 Å². The average Bonchev–Trinajstić information content (AvgIpc) is 3.35. The first-order valence-electron chi connectivity index (χ1n) is 8.43. The third kappa shape index (κ3) is 2.64. The van der Waals surface area contributed by atoms with E-state index in [1.54, 1.807) is 30.2 Å². The van der Waals surface area contributed by atoms with E-state index < -0.39 is 11.6 Å². The quantitative estimate of drug-likeness (QED) is 0.467. The van der Waals surface area contributed by atoms with E-state index in [0.717, 1.165) is 10.6 Å². The smallest absolute Gasteiger partial charge is 0.234 e. The Bertz CT molecular complexity index is 1350. The van der Waals surface area contributed by atoms with Gasteiger partial charge >= 0.3 is 0 Å². The van der Waals surface area contributed by atoms with Crippen molar-refractivity contribution >= 4 is 27.2 Å². The summed E-state index contributed by atoms with van der Waals surface area (Å²) in [5.41, 5.74) is 1.68. The maximum atomic E-state index is 15.3. The normalized spacial score (nSPS) is 11.7. The van der Waals surface area contributed by atoms with E-state index in [4.69, 9.17) is 0 Å². The molecular formula is C18H13F2N7S. The van der Waals surface area contributed by atoms with Gasteiger partial charge in [-0.1, -0.05) is 11.3 Å². The first-order valence-corrected chi connectivity index (χ1v) is 9.24. The number of aromatic nitrogens is 7. The lowest BCUT2D eigenvalue weighted by atomic mass is 10.0. The molecule has 0 N–H and O–H groups in total. The molecule has 4 aromatic heterocycles. The van der Waals surface area contributed by atoms with Gasteiger partial charge < -0.3 is 0 Å². The van der Waals surface area contributed by atoms with Gasteiger partial charge in [-0.15, -0.1) is 10.2 Å². The van der Waals surface area contributed by atoms with Gasteiger partial charge in [-0.3, -0.25) is 9.67 Å². The van der Waals surface area contributed by atoms with E-state index in [1.807, 2.05) is 13.1 Å². The predicted octanol–water partition coefficient (Wildman–Crippen LogP) is 3.31. The standard InChI is InChI=1S/C18H13F2N7S/c1-9-25-27-16(23-24-18(27)28-9)4-12-14(19)5-15-13(17(12)20)3-10(6-21-15)11-7-22-26(2)8-11/h3,5-8H,4H2,1-2H3. The molecule has 1 aromatic carbocycles. The van der Waals surface area contributed by atoms with E-state index in [2.05, 4.69) is 25.4 Å². The summed E-state index contributed by atoms with van der Waals surface area (Å²) < 4.78 is 33.1. The number of hydrogen-bond donors (Lipinski definition) is 0. The highest BCUT2D eigenvalue weighted by Crippen LogP contribution is 2.28. The molecule has 0 aliphatic rings. The molecule has 0 amide bonds. The molecule has 0 aliphatic carbocycles. The first-order chi connectivity index (χ1) is 13.5. The Hall–Kier alpha value is -3.27. The Labute approximate surface area is 161 Å². The molecule has 5 rings (SSSR count). The molecule has 0 saturated heterocycles. The van der Waals surface area contributed by atoms with Gasteiger partial charge in [0.05, 0.1) is 11.7 Å². The zero-order chi connectivity index (χ0) is 19.4. The Balaban J connectivity index is 1.63. The molecule has 0 radical (unpaired) electrons. The lowest BCUT2D eigenvalue weighted by Gasteiger charge is -2.08. The molecule has 7 nitrogen and oxygen atoms in total. The van der Waals surface area contributed by atoms with Crippen molar-refractivity contribution in [2.24, 2.45) is 7.05 Å². The molecule has 10 heteroatoms. The van der Waals surface area contributed by atoms with Crippen LogP contribution in [0.3, 0.4) is 0 Å². The van der Waals surface area contributed by atoms with Crippen molar-refractivity contribution < 1.29 is 8.78 Å². The molecule has 5 aromatic rings. The van der Waals surface area contributed by atoms with Gasteiger partial charge in [-0.25, -0.2) is 8.78 Å². The summed E-state index contributed by atoms with van der Waals surface area (Å²) in [6.45, 7) is 1.84. The zero-order valence-corrected chi connectivity index (χ0v) is 15.7. The van der Waals surface area contributed by atoms with Crippen molar-refractivity contribution in [3.05, 3.63) is 58.8 Å². The van der Waals surface area contributed by atoms with Gasteiger partial charge in [0.1, 0.15) is 16.6 Å². The van der Waals surface area contributed by atoms with Crippen LogP contribution in [0.5, 0.6) is 0 Å². The first kappa shape index (κ1) is 16.9.